The summed E-state index contributed by atoms with van der Waals surface area (Å²) >= 11 is 0. The molecule has 0 saturated heterocycles. The number of nitrogens with one attached hydrogen (secondary N) is 1. The Kier molecular flexibility index (Phi) is 8.54. The molecule has 0 unspecified atom stereocenters. The van der Waals surface area contributed by atoms with Crippen molar-refractivity contribution in [2.75, 3.05) is 7.11 Å². The number of carbonyl (C=O) groups is 1. The number of methoxy groups -OCH3 is 1. The molecule has 4 rings (SSSR count). The molecule has 35 heavy (non-hydrogen) atoms. The van der Waals surface area contributed by atoms with E-state index in [4.69, 9.17) is 4.74 Å². The molecule has 0 aliphatic heterocycles. The average Bonchev–Trinajstić information content (AvgIpc) is 2.86. The van der Waals surface area contributed by atoms with Gasteiger partial charge in [-0.05, 0) is 103 Å². The van der Waals surface area contributed by atoms with Crippen LogP contribution in [0.3, 0.4) is 0 Å². The van der Waals surface area contributed by atoms with E-state index in [2.05, 4.69) is 67.2 Å². The van der Waals surface area contributed by atoms with E-state index in [1.165, 1.54) is 36.3 Å². The van der Waals surface area contributed by atoms with Gasteiger partial charge in [-0.3, -0.25) is 0 Å². The van der Waals surface area contributed by atoms with Crippen LogP contribution in [0, 0.1) is 17.3 Å². The molecule has 2 saturated carbocycles. The van der Waals surface area contributed by atoms with E-state index in [1.807, 2.05) is 6.08 Å². The van der Waals surface area contributed by atoms with Gasteiger partial charge in [0.2, 0.25) is 0 Å². The van der Waals surface area contributed by atoms with Gasteiger partial charge in [-0.15, -0.1) is 0 Å². The van der Waals surface area contributed by atoms with Crippen molar-refractivity contribution >= 4 is 16.7 Å². The average molecular weight is 478 g/mol. The van der Waals surface area contributed by atoms with Gasteiger partial charge in [-0.25, -0.2) is 4.79 Å². The Hall–Kier alpha value is -2.33. The van der Waals surface area contributed by atoms with Gasteiger partial charge >= 0.3 is 5.97 Å². The van der Waals surface area contributed by atoms with E-state index in [0.717, 1.165) is 56.7 Å². The Bertz CT molecular complexity index is 1010. The number of fused-ring (bicyclic) bond motifs is 1. The molecule has 4 heteroatoms. The number of hydrogen-bond acceptors (Lipinski definition) is 4. The van der Waals surface area contributed by atoms with Gasteiger partial charge in [-0.1, -0.05) is 45.0 Å². The molecule has 0 amide bonds. The first-order valence-corrected chi connectivity index (χ1v) is 13.5. The summed E-state index contributed by atoms with van der Waals surface area (Å²) in [6, 6.07) is 13.8. The molecule has 1 N–H and O–H groups in total. The highest BCUT2D eigenvalue weighted by Crippen LogP contribution is 2.39. The summed E-state index contributed by atoms with van der Waals surface area (Å²) in [6.45, 7) is 7.98. The number of ether oxygens (including phenoxy) is 2. The highest BCUT2D eigenvalue weighted by atomic mass is 16.5. The summed E-state index contributed by atoms with van der Waals surface area (Å²) in [5.74, 6) is 2.03. The van der Waals surface area contributed by atoms with Crippen molar-refractivity contribution in [1.29, 1.82) is 0 Å². The number of benzene rings is 2. The monoisotopic (exact) mass is 477 g/mol. The van der Waals surface area contributed by atoms with Gasteiger partial charge in [0.1, 0.15) is 5.75 Å². The summed E-state index contributed by atoms with van der Waals surface area (Å²) in [5.41, 5.74) is 1.72. The van der Waals surface area contributed by atoms with Crippen LogP contribution in [0.5, 0.6) is 5.75 Å². The molecule has 0 heterocycles. The number of carbonyl (C=O) groups excluding carboxylic acids is 1. The summed E-state index contributed by atoms with van der Waals surface area (Å²) in [7, 11) is 1.42. The van der Waals surface area contributed by atoms with Gasteiger partial charge in [-0.2, -0.15) is 0 Å². The number of hydrogen-bond donors (Lipinski definition) is 1. The van der Waals surface area contributed by atoms with Crippen molar-refractivity contribution in [1.82, 2.24) is 5.32 Å². The minimum Gasteiger partial charge on any atom is -0.490 e. The van der Waals surface area contributed by atoms with E-state index < -0.39 is 0 Å². The van der Waals surface area contributed by atoms with E-state index >= 15 is 0 Å². The van der Waals surface area contributed by atoms with Crippen LogP contribution in [0.15, 0.2) is 48.6 Å². The molecule has 2 fully saturated rings. The fraction of sp³-hybridized carbons (Fsp3) is 0.581. The minimum atomic E-state index is -0.261. The van der Waals surface area contributed by atoms with Crippen LogP contribution in [-0.4, -0.2) is 25.2 Å². The van der Waals surface area contributed by atoms with Gasteiger partial charge in [0, 0.05) is 18.7 Å². The number of rotatable bonds is 7. The standard InChI is InChI=1S/C31H43NO3/c1-31(2,3)26-11-16-28(17-12-26)35-29-15-10-24-19-23(5-9-25(24)20-29)21-32-27-13-6-22(7-14-27)8-18-30(33)34-4/h5,8-10,15,18-20,22,26-28,32H,6-7,11-14,16-17,21H2,1-4H3/b18-8-. The Balaban J connectivity index is 1.25. The molecule has 0 atom stereocenters. The fourth-order valence-electron chi connectivity index (χ4n) is 5.76. The second-order valence-corrected chi connectivity index (χ2v) is 11.7. The van der Waals surface area contributed by atoms with Crippen molar-refractivity contribution in [3.63, 3.8) is 0 Å². The van der Waals surface area contributed by atoms with Crippen LogP contribution < -0.4 is 10.1 Å². The lowest BCUT2D eigenvalue weighted by molar-refractivity contribution is -0.134. The first-order chi connectivity index (χ1) is 16.8. The van der Waals surface area contributed by atoms with E-state index in [0.29, 0.717) is 23.5 Å². The molecule has 2 aromatic rings. The lowest BCUT2D eigenvalue weighted by Gasteiger charge is -2.37. The third kappa shape index (κ3) is 7.33. The van der Waals surface area contributed by atoms with Crippen LogP contribution in [0.25, 0.3) is 10.8 Å². The van der Waals surface area contributed by atoms with Crippen molar-refractivity contribution < 1.29 is 14.3 Å². The van der Waals surface area contributed by atoms with Crippen LogP contribution in [-0.2, 0) is 16.1 Å². The fourth-order valence-corrected chi connectivity index (χ4v) is 5.76. The maximum absolute atomic E-state index is 11.3. The zero-order chi connectivity index (χ0) is 24.8. The number of esters is 1. The smallest absolute Gasteiger partial charge is 0.330 e. The highest BCUT2D eigenvalue weighted by molar-refractivity contribution is 5.84. The van der Waals surface area contributed by atoms with Gasteiger partial charge < -0.3 is 14.8 Å². The lowest BCUT2D eigenvalue weighted by Crippen LogP contribution is -2.32. The minimum absolute atomic E-state index is 0.261. The Labute approximate surface area is 211 Å². The Morgan fingerprint density at radius 2 is 1.63 bits per heavy atom. The van der Waals surface area contributed by atoms with Crippen molar-refractivity contribution in [2.45, 2.75) is 90.8 Å². The van der Waals surface area contributed by atoms with Gasteiger partial charge in [0.25, 0.3) is 0 Å². The first-order valence-electron chi connectivity index (χ1n) is 13.5. The lowest BCUT2D eigenvalue weighted by atomic mass is 9.72. The van der Waals surface area contributed by atoms with Crippen LogP contribution in [0.1, 0.15) is 77.7 Å². The molecule has 2 aliphatic rings. The third-order valence-corrected chi connectivity index (χ3v) is 8.15. The summed E-state index contributed by atoms with van der Waals surface area (Å²) in [6.07, 6.45) is 13.3. The Morgan fingerprint density at radius 3 is 2.31 bits per heavy atom. The van der Waals surface area contributed by atoms with E-state index in [-0.39, 0.29) is 5.97 Å². The SMILES string of the molecule is COC(=O)/C=C\C1CCC(NCc2ccc3cc(OC4CCC(C(C)(C)C)CC4)ccc3c2)CC1. The second-order valence-electron chi connectivity index (χ2n) is 11.7. The normalized spacial score (nSPS) is 25.6. The predicted octanol–water partition coefficient (Wildman–Crippen LogP) is 7.20. The maximum atomic E-state index is 11.3. The molecule has 4 nitrogen and oxygen atoms in total. The third-order valence-electron chi connectivity index (χ3n) is 8.15. The van der Waals surface area contributed by atoms with E-state index in [1.54, 1.807) is 6.08 Å². The molecule has 2 aromatic carbocycles. The molecule has 190 valence electrons. The number of allylic oxidation sites excluding steroid dienone is 1. The molecular weight excluding hydrogens is 434 g/mol. The van der Waals surface area contributed by atoms with Crippen LogP contribution in [0.2, 0.25) is 0 Å². The molecule has 0 radical (unpaired) electrons. The highest BCUT2D eigenvalue weighted by Gasteiger charge is 2.30. The zero-order valence-corrected chi connectivity index (χ0v) is 22.0. The molecular formula is C31H43NO3. The summed E-state index contributed by atoms with van der Waals surface area (Å²) < 4.78 is 11.1. The molecule has 0 aromatic heterocycles. The first kappa shape index (κ1) is 25.8. The zero-order valence-electron chi connectivity index (χ0n) is 22.0. The quantitative estimate of drug-likeness (QED) is 0.338. The van der Waals surface area contributed by atoms with Crippen molar-refractivity contribution in [2.24, 2.45) is 17.3 Å². The summed E-state index contributed by atoms with van der Waals surface area (Å²) in [4.78, 5) is 11.3. The maximum Gasteiger partial charge on any atom is 0.330 e. The Morgan fingerprint density at radius 1 is 0.943 bits per heavy atom. The second kappa shape index (κ2) is 11.6. The van der Waals surface area contributed by atoms with Crippen molar-refractivity contribution in [3.8, 4) is 5.75 Å². The van der Waals surface area contributed by atoms with Crippen molar-refractivity contribution in [3.05, 3.63) is 54.1 Å². The predicted molar refractivity (Wildman–Crippen MR) is 144 cm³/mol. The van der Waals surface area contributed by atoms with Crippen LogP contribution >= 0.6 is 0 Å². The largest absolute Gasteiger partial charge is 0.490 e. The van der Waals surface area contributed by atoms with Gasteiger partial charge in [0.05, 0.1) is 13.2 Å². The molecule has 2 aliphatic carbocycles. The topological polar surface area (TPSA) is 47.6 Å². The summed E-state index contributed by atoms with van der Waals surface area (Å²) in [5, 5.41) is 6.25. The van der Waals surface area contributed by atoms with Crippen LogP contribution in [0.4, 0.5) is 0 Å². The van der Waals surface area contributed by atoms with E-state index in [9.17, 15) is 4.79 Å². The molecule has 0 spiro atoms. The van der Waals surface area contributed by atoms with Gasteiger partial charge in [0.15, 0.2) is 0 Å². The molecule has 0 bridgehead atoms.